The Kier molecular flexibility index (Phi) is 8.12. The van der Waals surface area contributed by atoms with E-state index < -0.39 is 6.04 Å². The van der Waals surface area contributed by atoms with Crippen LogP contribution in [0.5, 0.6) is 0 Å². The lowest BCUT2D eigenvalue weighted by atomic mass is 10.2. The van der Waals surface area contributed by atoms with Crippen LogP contribution in [0.2, 0.25) is 0 Å². The highest BCUT2D eigenvalue weighted by Gasteiger charge is 2.19. The Hall–Kier alpha value is -1.40. The van der Waals surface area contributed by atoms with Crippen LogP contribution in [0, 0.1) is 0 Å². The second kappa shape index (κ2) is 9.58. The van der Waals surface area contributed by atoms with Crippen molar-refractivity contribution < 1.29 is 9.59 Å². The molecule has 124 valence electrons. The molecule has 0 spiro atoms. The zero-order valence-corrected chi connectivity index (χ0v) is 14.7. The quantitative estimate of drug-likeness (QED) is 0.731. The monoisotopic (exact) mass is 325 g/mol. The zero-order chi connectivity index (χ0) is 16.5. The average molecular weight is 325 g/mol. The normalized spacial score (nSPS) is 13.7. The summed E-state index contributed by atoms with van der Waals surface area (Å²) >= 11 is 1.37. The molecular formula is C16H27N3O2S. The van der Waals surface area contributed by atoms with Crippen molar-refractivity contribution in [3.63, 3.8) is 0 Å². The average Bonchev–Trinajstić information content (AvgIpc) is 3.00. The van der Waals surface area contributed by atoms with E-state index in [1.807, 2.05) is 18.4 Å². The van der Waals surface area contributed by atoms with E-state index in [1.54, 1.807) is 13.0 Å². The van der Waals surface area contributed by atoms with E-state index in [2.05, 4.69) is 29.4 Å². The van der Waals surface area contributed by atoms with Crippen LogP contribution in [-0.2, 0) is 4.79 Å². The van der Waals surface area contributed by atoms with Crippen molar-refractivity contribution in [3.8, 4) is 0 Å². The van der Waals surface area contributed by atoms with Gasteiger partial charge in [0.25, 0.3) is 5.91 Å². The van der Waals surface area contributed by atoms with Crippen LogP contribution >= 0.6 is 11.3 Å². The number of amides is 2. The molecule has 6 heteroatoms. The zero-order valence-electron chi connectivity index (χ0n) is 13.9. The summed E-state index contributed by atoms with van der Waals surface area (Å²) in [5.74, 6) is -0.351. The second-order valence-electron chi connectivity index (χ2n) is 5.48. The molecule has 2 atom stereocenters. The van der Waals surface area contributed by atoms with Crippen molar-refractivity contribution >= 4 is 23.2 Å². The van der Waals surface area contributed by atoms with E-state index in [4.69, 9.17) is 0 Å². The smallest absolute Gasteiger partial charge is 0.261 e. The first kappa shape index (κ1) is 18.6. The molecule has 0 aromatic carbocycles. The summed E-state index contributed by atoms with van der Waals surface area (Å²) in [6, 6.07) is 3.08. The van der Waals surface area contributed by atoms with E-state index in [1.165, 1.54) is 11.3 Å². The third kappa shape index (κ3) is 6.15. The van der Waals surface area contributed by atoms with Gasteiger partial charge in [-0.05, 0) is 44.8 Å². The molecule has 0 aliphatic heterocycles. The van der Waals surface area contributed by atoms with E-state index in [0.29, 0.717) is 4.88 Å². The Bertz CT molecular complexity index is 462. The molecule has 1 rings (SSSR count). The number of rotatable bonds is 9. The molecule has 1 heterocycles. The number of nitrogens with zero attached hydrogens (tertiary/aromatic N) is 1. The first-order valence-electron chi connectivity index (χ1n) is 7.85. The van der Waals surface area contributed by atoms with Gasteiger partial charge in [0.05, 0.1) is 4.88 Å². The van der Waals surface area contributed by atoms with Gasteiger partial charge in [-0.3, -0.25) is 9.59 Å². The van der Waals surface area contributed by atoms with Gasteiger partial charge in [-0.25, -0.2) is 0 Å². The van der Waals surface area contributed by atoms with Gasteiger partial charge in [0, 0.05) is 12.6 Å². The van der Waals surface area contributed by atoms with Crippen molar-refractivity contribution in [2.45, 2.75) is 46.2 Å². The van der Waals surface area contributed by atoms with Crippen LogP contribution in [0.25, 0.3) is 0 Å². The highest BCUT2D eigenvalue weighted by Crippen LogP contribution is 2.08. The van der Waals surface area contributed by atoms with Gasteiger partial charge >= 0.3 is 0 Å². The molecule has 0 fully saturated rings. The number of carbonyl (C=O) groups is 2. The Morgan fingerprint density at radius 2 is 2.00 bits per heavy atom. The maximum Gasteiger partial charge on any atom is 0.261 e. The van der Waals surface area contributed by atoms with E-state index in [0.717, 1.165) is 26.1 Å². The number of likely N-dealkylation sites (N-methyl/N-ethyl adjacent to an activating group) is 1. The summed E-state index contributed by atoms with van der Waals surface area (Å²) in [5.41, 5.74) is 0. The van der Waals surface area contributed by atoms with Crippen LogP contribution in [0.1, 0.15) is 43.8 Å². The van der Waals surface area contributed by atoms with Crippen LogP contribution in [0.15, 0.2) is 17.5 Å². The Morgan fingerprint density at radius 3 is 2.55 bits per heavy atom. The van der Waals surface area contributed by atoms with E-state index in [-0.39, 0.29) is 17.9 Å². The van der Waals surface area contributed by atoms with Crippen molar-refractivity contribution in [3.05, 3.63) is 22.4 Å². The molecule has 1 unspecified atom stereocenters. The number of hydrogen-bond acceptors (Lipinski definition) is 4. The number of hydrogen-bond donors (Lipinski definition) is 2. The highest BCUT2D eigenvalue weighted by molar-refractivity contribution is 7.12. The summed E-state index contributed by atoms with van der Waals surface area (Å²) in [6.45, 7) is 10.8. The predicted molar refractivity (Wildman–Crippen MR) is 91.3 cm³/mol. The SMILES string of the molecule is CCCN(CC)C[C@@H](C)NC(=O)C(C)NC(=O)c1cccs1. The van der Waals surface area contributed by atoms with Gasteiger partial charge in [0.2, 0.25) is 5.91 Å². The summed E-state index contributed by atoms with van der Waals surface area (Å²) in [6.07, 6.45) is 1.10. The van der Waals surface area contributed by atoms with Crippen molar-refractivity contribution in [2.24, 2.45) is 0 Å². The fourth-order valence-electron chi connectivity index (χ4n) is 2.24. The maximum absolute atomic E-state index is 12.1. The lowest BCUT2D eigenvalue weighted by Crippen LogP contribution is -2.50. The lowest BCUT2D eigenvalue weighted by molar-refractivity contribution is -0.123. The molecule has 2 N–H and O–H groups in total. The number of nitrogens with one attached hydrogen (secondary N) is 2. The summed E-state index contributed by atoms with van der Waals surface area (Å²) < 4.78 is 0. The van der Waals surface area contributed by atoms with Crippen molar-refractivity contribution in [2.75, 3.05) is 19.6 Å². The lowest BCUT2D eigenvalue weighted by Gasteiger charge is -2.25. The van der Waals surface area contributed by atoms with E-state index >= 15 is 0 Å². The molecule has 0 aliphatic carbocycles. The molecule has 0 saturated heterocycles. The fourth-order valence-corrected chi connectivity index (χ4v) is 2.86. The molecule has 1 aromatic rings. The summed E-state index contributed by atoms with van der Waals surface area (Å²) in [7, 11) is 0. The second-order valence-corrected chi connectivity index (χ2v) is 6.42. The third-order valence-electron chi connectivity index (χ3n) is 3.39. The molecule has 0 radical (unpaired) electrons. The van der Waals surface area contributed by atoms with Crippen LogP contribution < -0.4 is 10.6 Å². The van der Waals surface area contributed by atoms with Gasteiger partial charge in [0.15, 0.2) is 0 Å². The number of thiophene rings is 1. The number of carbonyl (C=O) groups excluding carboxylic acids is 2. The van der Waals surface area contributed by atoms with Crippen molar-refractivity contribution in [1.29, 1.82) is 0 Å². The summed E-state index contributed by atoms with van der Waals surface area (Å²) in [4.78, 5) is 27.0. The minimum atomic E-state index is -0.543. The van der Waals surface area contributed by atoms with Gasteiger partial charge in [0.1, 0.15) is 6.04 Å². The van der Waals surface area contributed by atoms with Gasteiger partial charge in [-0.1, -0.05) is 19.9 Å². The van der Waals surface area contributed by atoms with Gasteiger partial charge < -0.3 is 15.5 Å². The molecule has 0 saturated carbocycles. The third-order valence-corrected chi connectivity index (χ3v) is 4.26. The minimum absolute atomic E-state index is 0.0556. The molecule has 2 amide bonds. The minimum Gasteiger partial charge on any atom is -0.351 e. The first-order valence-corrected chi connectivity index (χ1v) is 8.72. The standard InChI is InChI=1S/C16H27N3O2S/c1-5-9-19(6-2)11-12(3)17-15(20)13(4)18-16(21)14-8-7-10-22-14/h7-8,10,12-13H,5-6,9,11H2,1-4H3,(H,17,20)(H,18,21)/t12-,13?/m1/s1. The van der Waals surface area contributed by atoms with Crippen LogP contribution in [0.3, 0.4) is 0 Å². The van der Waals surface area contributed by atoms with Gasteiger partial charge in [-0.2, -0.15) is 0 Å². The Morgan fingerprint density at radius 1 is 1.27 bits per heavy atom. The first-order chi connectivity index (χ1) is 10.5. The molecule has 1 aromatic heterocycles. The maximum atomic E-state index is 12.1. The Labute approximate surface area is 137 Å². The largest absolute Gasteiger partial charge is 0.351 e. The highest BCUT2D eigenvalue weighted by atomic mass is 32.1. The van der Waals surface area contributed by atoms with Crippen LogP contribution in [-0.4, -0.2) is 48.4 Å². The Balaban J connectivity index is 2.41. The molecule has 0 bridgehead atoms. The topological polar surface area (TPSA) is 61.4 Å². The molecule has 0 aliphatic rings. The fraction of sp³-hybridized carbons (Fsp3) is 0.625. The van der Waals surface area contributed by atoms with Crippen molar-refractivity contribution in [1.82, 2.24) is 15.5 Å². The molecule has 5 nitrogen and oxygen atoms in total. The summed E-state index contributed by atoms with van der Waals surface area (Å²) in [5, 5.41) is 7.53. The molecule has 22 heavy (non-hydrogen) atoms. The molecular weight excluding hydrogens is 298 g/mol. The van der Waals surface area contributed by atoms with E-state index in [9.17, 15) is 9.59 Å². The predicted octanol–water partition coefficient (Wildman–Crippen LogP) is 2.10. The van der Waals surface area contributed by atoms with Gasteiger partial charge in [-0.15, -0.1) is 11.3 Å². The van der Waals surface area contributed by atoms with Crippen LogP contribution in [0.4, 0.5) is 0 Å².